The third-order valence-corrected chi connectivity index (χ3v) is 4.75. The van der Waals surface area contributed by atoms with Gasteiger partial charge in [-0.2, -0.15) is 12.6 Å². The highest BCUT2D eigenvalue weighted by molar-refractivity contribution is 9.11. The van der Waals surface area contributed by atoms with Crippen LogP contribution >= 0.6 is 39.9 Å². The van der Waals surface area contributed by atoms with Crippen LogP contribution in [0.2, 0.25) is 0 Å². The largest absolute Gasteiger partial charge is 0.339 e. The number of hydrogen-bond acceptors (Lipinski definition) is 4. The van der Waals surface area contributed by atoms with Crippen LogP contribution in [-0.2, 0) is 11.3 Å². The molecule has 94 valence electrons. The number of thiophene rings is 1. The average Bonchev–Trinajstić information content (AvgIpc) is 2.75. The van der Waals surface area contributed by atoms with Crippen LogP contribution < -0.4 is 0 Å². The van der Waals surface area contributed by atoms with Gasteiger partial charge < -0.3 is 4.90 Å². The normalized spacial score (nSPS) is 17.4. The number of carbonyl (C=O) groups is 1. The molecule has 0 spiro atoms. The fourth-order valence-electron chi connectivity index (χ4n) is 1.91. The lowest BCUT2D eigenvalue weighted by molar-refractivity contribution is -0.130. The molecule has 2 rings (SSSR count). The number of hydrogen-bond donors (Lipinski definition) is 1. The van der Waals surface area contributed by atoms with Gasteiger partial charge in [0.05, 0.1) is 9.54 Å². The summed E-state index contributed by atoms with van der Waals surface area (Å²) in [5.74, 6) is 0.463. The molecule has 1 aromatic heterocycles. The Morgan fingerprint density at radius 1 is 1.35 bits per heavy atom. The number of nitrogens with zero attached hydrogens (tertiary/aromatic N) is 2. The molecule has 1 saturated heterocycles. The minimum absolute atomic E-state index is 0.145. The predicted molar refractivity (Wildman–Crippen MR) is 77.7 cm³/mol. The Morgan fingerprint density at radius 3 is 2.59 bits per heavy atom. The maximum Gasteiger partial charge on any atom is 0.232 e. The number of piperazine rings is 1. The van der Waals surface area contributed by atoms with Crippen molar-refractivity contribution in [2.24, 2.45) is 0 Å². The fourth-order valence-corrected chi connectivity index (χ4v) is 3.64. The highest BCUT2D eigenvalue weighted by Crippen LogP contribution is 2.23. The van der Waals surface area contributed by atoms with Crippen molar-refractivity contribution in [1.82, 2.24) is 9.80 Å². The molecule has 0 saturated carbocycles. The van der Waals surface area contributed by atoms with Gasteiger partial charge >= 0.3 is 0 Å². The zero-order valence-electron chi connectivity index (χ0n) is 9.43. The molecule has 0 aliphatic carbocycles. The molecule has 17 heavy (non-hydrogen) atoms. The highest BCUT2D eigenvalue weighted by Gasteiger charge is 2.20. The molecule has 0 aromatic carbocycles. The molecule has 2 heterocycles. The number of carbonyl (C=O) groups excluding carboxylic acids is 1. The molecule has 1 aromatic rings. The Morgan fingerprint density at radius 2 is 2.06 bits per heavy atom. The minimum atomic E-state index is 0.145. The summed E-state index contributed by atoms with van der Waals surface area (Å²) in [4.78, 5) is 17.1. The summed E-state index contributed by atoms with van der Waals surface area (Å²) in [6.45, 7) is 4.54. The van der Waals surface area contributed by atoms with Crippen LogP contribution in [0.3, 0.4) is 0 Å². The van der Waals surface area contributed by atoms with Gasteiger partial charge in [0.2, 0.25) is 5.91 Å². The molecule has 0 atom stereocenters. The predicted octanol–water partition coefficient (Wildman–Crippen LogP) is 2.08. The molecular formula is C11H15BrN2OS2. The van der Waals surface area contributed by atoms with Crippen LogP contribution in [0, 0.1) is 0 Å². The third-order valence-electron chi connectivity index (χ3n) is 2.87. The van der Waals surface area contributed by atoms with Gasteiger partial charge in [-0.05, 0) is 28.1 Å². The van der Waals surface area contributed by atoms with Crippen molar-refractivity contribution in [1.29, 1.82) is 0 Å². The smallest absolute Gasteiger partial charge is 0.232 e. The first-order valence-corrected chi connectivity index (χ1v) is 7.78. The van der Waals surface area contributed by atoms with Gasteiger partial charge in [-0.15, -0.1) is 11.3 Å². The molecule has 1 aliphatic rings. The lowest BCUT2D eigenvalue weighted by Gasteiger charge is -2.34. The Kier molecular flexibility index (Phi) is 4.90. The second-order valence-corrected chi connectivity index (χ2v) is 6.88. The van der Waals surface area contributed by atoms with E-state index in [4.69, 9.17) is 0 Å². The van der Waals surface area contributed by atoms with E-state index in [1.807, 2.05) is 4.90 Å². The van der Waals surface area contributed by atoms with Crippen LogP contribution in [0.15, 0.2) is 15.9 Å². The SMILES string of the molecule is O=C(CS)N1CCN(Cc2ccc(Br)s2)CC1. The van der Waals surface area contributed by atoms with Gasteiger partial charge in [-0.25, -0.2) is 0 Å². The van der Waals surface area contributed by atoms with Crippen molar-refractivity contribution < 1.29 is 4.79 Å². The Bertz CT molecular complexity index is 389. The summed E-state index contributed by atoms with van der Waals surface area (Å²) in [6.07, 6.45) is 0. The number of halogens is 1. The molecule has 1 fully saturated rings. The summed E-state index contributed by atoms with van der Waals surface area (Å²) in [7, 11) is 0. The lowest BCUT2D eigenvalue weighted by Crippen LogP contribution is -2.48. The van der Waals surface area contributed by atoms with Crippen LogP contribution in [0.5, 0.6) is 0 Å². The van der Waals surface area contributed by atoms with Crippen molar-refractivity contribution in [3.8, 4) is 0 Å². The van der Waals surface area contributed by atoms with Crippen molar-refractivity contribution in [2.75, 3.05) is 31.9 Å². The summed E-state index contributed by atoms with van der Waals surface area (Å²) in [5.41, 5.74) is 0. The zero-order valence-corrected chi connectivity index (χ0v) is 12.7. The Labute approximate surface area is 119 Å². The van der Waals surface area contributed by atoms with E-state index < -0.39 is 0 Å². The van der Waals surface area contributed by atoms with E-state index in [0.717, 1.165) is 32.7 Å². The van der Waals surface area contributed by atoms with E-state index in [-0.39, 0.29) is 5.91 Å². The standard InChI is InChI=1S/C11H15BrN2OS2/c12-10-2-1-9(17-10)7-13-3-5-14(6-4-13)11(15)8-16/h1-2,16H,3-8H2. The van der Waals surface area contributed by atoms with Crippen molar-refractivity contribution >= 4 is 45.8 Å². The molecule has 0 radical (unpaired) electrons. The fraction of sp³-hybridized carbons (Fsp3) is 0.545. The first kappa shape index (κ1) is 13.4. The summed E-state index contributed by atoms with van der Waals surface area (Å²) in [6, 6.07) is 4.24. The lowest BCUT2D eigenvalue weighted by atomic mass is 10.3. The first-order chi connectivity index (χ1) is 8.19. The quantitative estimate of drug-likeness (QED) is 0.855. The molecule has 6 heteroatoms. The van der Waals surface area contributed by atoms with Crippen LogP contribution in [0.4, 0.5) is 0 Å². The van der Waals surface area contributed by atoms with Crippen molar-refractivity contribution in [3.05, 3.63) is 20.8 Å². The molecule has 1 aliphatic heterocycles. The molecule has 0 bridgehead atoms. The summed E-state index contributed by atoms with van der Waals surface area (Å²) in [5, 5.41) is 0. The van der Waals surface area contributed by atoms with E-state index in [1.54, 1.807) is 11.3 Å². The van der Waals surface area contributed by atoms with Gasteiger partial charge in [0.25, 0.3) is 0 Å². The molecule has 1 amide bonds. The van der Waals surface area contributed by atoms with Crippen LogP contribution in [0.1, 0.15) is 4.88 Å². The molecule has 3 nitrogen and oxygen atoms in total. The summed E-state index contributed by atoms with van der Waals surface area (Å²) < 4.78 is 1.18. The topological polar surface area (TPSA) is 23.6 Å². The van der Waals surface area contributed by atoms with Gasteiger partial charge in [-0.1, -0.05) is 0 Å². The summed E-state index contributed by atoms with van der Waals surface area (Å²) >= 11 is 9.27. The Hall–Kier alpha value is -0.0400. The van der Waals surface area contributed by atoms with E-state index in [9.17, 15) is 4.79 Å². The Balaban J connectivity index is 1.81. The third kappa shape index (κ3) is 3.71. The van der Waals surface area contributed by atoms with E-state index >= 15 is 0 Å². The van der Waals surface area contributed by atoms with Crippen molar-refractivity contribution in [3.63, 3.8) is 0 Å². The number of thiol groups is 1. The second kappa shape index (κ2) is 6.22. The number of amides is 1. The van der Waals surface area contributed by atoms with E-state index in [1.165, 1.54) is 8.66 Å². The maximum absolute atomic E-state index is 11.5. The molecular weight excluding hydrogens is 320 g/mol. The van der Waals surface area contributed by atoms with Gasteiger partial charge in [0, 0.05) is 37.6 Å². The minimum Gasteiger partial charge on any atom is -0.339 e. The average molecular weight is 335 g/mol. The zero-order chi connectivity index (χ0) is 12.3. The van der Waals surface area contributed by atoms with Crippen molar-refractivity contribution in [2.45, 2.75) is 6.54 Å². The van der Waals surface area contributed by atoms with E-state index in [2.05, 4.69) is 45.6 Å². The van der Waals surface area contributed by atoms with Gasteiger partial charge in [0.1, 0.15) is 0 Å². The first-order valence-electron chi connectivity index (χ1n) is 5.54. The number of rotatable bonds is 3. The van der Waals surface area contributed by atoms with Crippen LogP contribution in [0.25, 0.3) is 0 Å². The van der Waals surface area contributed by atoms with Gasteiger partial charge in [0.15, 0.2) is 0 Å². The molecule has 0 unspecified atom stereocenters. The maximum atomic E-state index is 11.5. The molecule has 0 N–H and O–H groups in total. The van der Waals surface area contributed by atoms with Gasteiger partial charge in [-0.3, -0.25) is 9.69 Å². The highest BCUT2D eigenvalue weighted by atomic mass is 79.9. The van der Waals surface area contributed by atoms with Crippen LogP contribution in [-0.4, -0.2) is 47.6 Å². The second-order valence-electron chi connectivity index (χ2n) is 4.02. The van der Waals surface area contributed by atoms with E-state index in [0.29, 0.717) is 5.75 Å². The monoisotopic (exact) mass is 334 g/mol.